The summed E-state index contributed by atoms with van der Waals surface area (Å²) in [6, 6.07) is 0.434. The molecule has 5 heterocycles. The van der Waals surface area contributed by atoms with E-state index in [2.05, 4.69) is 30.6 Å². The molecule has 186 valence electrons. The van der Waals surface area contributed by atoms with Crippen molar-refractivity contribution in [3.8, 4) is 0 Å². The van der Waals surface area contributed by atoms with Gasteiger partial charge in [0.15, 0.2) is 17.3 Å². The van der Waals surface area contributed by atoms with Crippen molar-refractivity contribution < 1.29 is 13.9 Å². The Morgan fingerprint density at radius 1 is 1.20 bits per heavy atom. The number of hydrogen-bond acceptors (Lipinski definition) is 9. The molecule has 0 spiro atoms. The van der Waals surface area contributed by atoms with Crippen LogP contribution in [0.25, 0.3) is 5.65 Å². The van der Waals surface area contributed by atoms with E-state index >= 15 is 0 Å². The Morgan fingerprint density at radius 2 is 1.94 bits per heavy atom. The molecule has 1 amide bonds. The van der Waals surface area contributed by atoms with Gasteiger partial charge in [0.2, 0.25) is 0 Å². The highest BCUT2D eigenvalue weighted by atomic mass is 19.1. The van der Waals surface area contributed by atoms with Crippen LogP contribution >= 0.6 is 0 Å². The fraction of sp³-hybridized carbons (Fsp3) is 0.478. The number of ether oxygens (including phenoxy) is 1. The number of carbonyl (C=O) groups is 1. The van der Waals surface area contributed by atoms with Crippen molar-refractivity contribution in [1.82, 2.24) is 29.8 Å². The molecule has 11 nitrogen and oxygen atoms in total. The van der Waals surface area contributed by atoms with Gasteiger partial charge in [-0.2, -0.15) is 0 Å². The standard InChI is InChI=1S/C23H30FN9O2/c1-23(2,26-3)14-8-28-21-18(20(25)30-33(21)11-14)22(34)29-17-10-27-9-16(24)19(17)32-6-4-31(5-7-32)15-12-35-13-15/h8-11,15,26H,4-7,12-13H2,1-3H3,(H2,25,30)(H,29,34). The largest absolute Gasteiger partial charge is 0.381 e. The van der Waals surface area contributed by atoms with Gasteiger partial charge >= 0.3 is 0 Å². The zero-order valence-electron chi connectivity index (χ0n) is 20.1. The molecule has 3 aromatic heterocycles. The number of rotatable bonds is 6. The fourth-order valence-electron chi connectivity index (χ4n) is 4.41. The molecular formula is C23H30FN9O2. The van der Waals surface area contributed by atoms with Crippen LogP contribution in [0.1, 0.15) is 29.8 Å². The van der Waals surface area contributed by atoms with Crippen LogP contribution < -0.4 is 21.3 Å². The minimum Gasteiger partial charge on any atom is -0.381 e. The molecule has 3 aromatic rings. The van der Waals surface area contributed by atoms with E-state index in [4.69, 9.17) is 10.5 Å². The monoisotopic (exact) mass is 483 g/mol. The van der Waals surface area contributed by atoms with Crippen LogP contribution in [0.3, 0.4) is 0 Å². The van der Waals surface area contributed by atoms with Crippen LogP contribution in [-0.4, -0.2) is 82.9 Å². The van der Waals surface area contributed by atoms with E-state index in [1.165, 1.54) is 10.7 Å². The second-order valence-electron chi connectivity index (χ2n) is 9.43. The summed E-state index contributed by atoms with van der Waals surface area (Å²) in [5.74, 6) is -0.977. The van der Waals surface area contributed by atoms with Crippen LogP contribution in [-0.2, 0) is 10.3 Å². The summed E-state index contributed by atoms with van der Waals surface area (Å²) in [6.45, 7) is 8.35. The molecule has 0 atom stereocenters. The molecule has 0 aromatic carbocycles. The van der Waals surface area contributed by atoms with Crippen molar-refractivity contribution in [2.24, 2.45) is 0 Å². The Morgan fingerprint density at radius 3 is 2.60 bits per heavy atom. The number of hydrogen-bond donors (Lipinski definition) is 3. The van der Waals surface area contributed by atoms with Gasteiger partial charge in [0.25, 0.3) is 5.91 Å². The van der Waals surface area contributed by atoms with E-state index in [1.807, 2.05) is 25.8 Å². The Kier molecular flexibility index (Phi) is 6.03. The van der Waals surface area contributed by atoms with Crippen LogP contribution in [0.2, 0.25) is 0 Å². The molecule has 2 fully saturated rings. The minimum atomic E-state index is -0.524. The third-order valence-corrected chi connectivity index (χ3v) is 6.96. The minimum absolute atomic E-state index is 0.0386. The quantitative estimate of drug-likeness (QED) is 0.472. The maximum Gasteiger partial charge on any atom is 0.263 e. The Hall–Kier alpha value is -3.35. The summed E-state index contributed by atoms with van der Waals surface area (Å²) in [7, 11) is 1.85. The first-order chi connectivity index (χ1) is 16.8. The summed E-state index contributed by atoms with van der Waals surface area (Å²) in [5.41, 5.74) is 7.69. The highest BCUT2D eigenvalue weighted by Gasteiger charge is 2.31. The lowest BCUT2D eigenvalue weighted by Gasteiger charge is -2.43. The number of fused-ring (bicyclic) bond motifs is 1. The maximum atomic E-state index is 14.9. The molecule has 12 heteroatoms. The lowest BCUT2D eigenvalue weighted by Crippen LogP contribution is -2.56. The number of nitrogens with zero attached hydrogens (tertiary/aromatic N) is 6. The van der Waals surface area contributed by atoms with Gasteiger partial charge in [0, 0.05) is 49.7 Å². The van der Waals surface area contributed by atoms with E-state index in [0.29, 0.717) is 30.5 Å². The maximum absolute atomic E-state index is 14.9. The number of pyridine rings is 1. The Balaban J connectivity index is 1.40. The average molecular weight is 484 g/mol. The van der Waals surface area contributed by atoms with Crippen molar-refractivity contribution in [2.75, 3.05) is 62.4 Å². The second kappa shape index (κ2) is 9.02. The first-order valence-electron chi connectivity index (χ1n) is 11.6. The van der Waals surface area contributed by atoms with Gasteiger partial charge in [0.05, 0.1) is 37.3 Å². The molecule has 35 heavy (non-hydrogen) atoms. The number of nitrogen functional groups attached to an aromatic ring is 1. The van der Waals surface area contributed by atoms with Gasteiger partial charge in [-0.25, -0.2) is 13.9 Å². The first kappa shape index (κ1) is 23.4. The van der Waals surface area contributed by atoms with Crippen molar-refractivity contribution in [2.45, 2.75) is 25.4 Å². The number of carbonyl (C=O) groups excluding carboxylic acids is 1. The zero-order valence-corrected chi connectivity index (χ0v) is 20.1. The molecule has 2 aliphatic heterocycles. The summed E-state index contributed by atoms with van der Waals surface area (Å²) in [5, 5.41) is 10.3. The molecule has 0 radical (unpaired) electrons. The number of nitrogens with one attached hydrogen (secondary N) is 2. The van der Waals surface area contributed by atoms with E-state index in [0.717, 1.165) is 38.1 Å². The lowest BCUT2D eigenvalue weighted by atomic mass is 9.98. The van der Waals surface area contributed by atoms with Crippen molar-refractivity contribution in [3.05, 3.63) is 41.7 Å². The molecule has 2 saturated heterocycles. The fourth-order valence-corrected chi connectivity index (χ4v) is 4.41. The summed E-state index contributed by atoms with van der Waals surface area (Å²) < 4.78 is 21.7. The summed E-state index contributed by atoms with van der Waals surface area (Å²) >= 11 is 0. The Bertz CT molecular complexity index is 1250. The van der Waals surface area contributed by atoms with Crippen LogP contribution in [0.5, 0.6) is 0 Å². The van der Waals surface area contributed by atoms with E-state index in [1.54, 1.807) is 12.4 Å². The third kappa shape index (κ3) is 4.28. The normalized spacial score (nSPS) is 17.5. The molecule has 4 N–H and O–H groups in total. The van der Waals surface area contributed by atoms with Gasteiger partial charge in [0.1, 0.15) is 11.3 Å². The predicted molar refractivity (Wildman–Crippen MR) is 130 cm³/mol. The SMILES string of the molecule is CNC(C)(C)c1cnc2c(C(=O)Nc3cncc(F)c3N3CCN(C4COC4)CC3)c(N)nn2c1. The third-order valence-electron chi connectivity index (χ3n) is 6.96. The van der Waals surface area contributed by atoms with Crippen LogP contribution in [0, 0.1) is 5.82 Å². The number of nitrogens with two attached hydrogens (primary N) is 1. The van der Waals surface area contributed by atoms with Gasteiger partial charge < -0.3 is 26.0 Å². The number of aromatic nitrogens is 4. The van der Waals surface area contributed by atoms with E-state index in [9.17, 15) is 9.18 Å². The van der Waals surface area contributed by atoms with Crippen LogP contribution in [0.15, 0.2) is 24.8 Å². The second-order valence-corrected chi connectivity index (χ2v) is 9.43. The molecular weight excluding hydrogens is 453 g/mol. The predicted octanol–water partition coefficient (Wildman–Crippen LogP) is 1.07. The smallest absolute Gasteiger partial charge is 0.263 e. The molecule has 0 unspecified atom stereocenters. The van der Waals surface area contributed by atoms with Crippen molar-refractivity contribution in [3.63, 3.8) is 0 Å². The molecule has 0 saturated carbocycles. The number of piperazine rings is 1. The number of amides is 1. The zero-order chi connectivity index (χ0) is 24.7. The van der Waals surface area contributed by atoms with Gasteiger partial charge in [-0.3, -0.25) is 14.7 Å². The summed E-state index contributed by atoms with van der Waals surface area (Å²) in [6.07, 6.45) is 6.08. The lowest BCUT2D eigenvalue weighted by molar-refractivity contribution is -0.0660. The highest BCUT2D eigenvalue weighted by molar-refractivity contribution is 6.12. The first-order valence-corrected chi connectivity index (χ1v) is 11.6. The summed E-state index contributed by atoms with van der Waals surface area (Å²) in [4.78, 5) is 26.0. The van der Waals surface area contributed by atoms with Crippen molar-refractivity contribution >= 4 is 28.7 Å². The topological polar surface area (TPSA) is 126 Å². The number of halogens is 1. The molecule has 2 aliphatic rings. The van der Waals surface area contributed by atoms with E-state index < -0.39 is 11.7 Å². The van der Waals surface area contributed by atoms with Gasteiger partial charge in [-0.1, -0.05) is 0 Å². The Labute approximate surface area is 202 Å². The molecule has 0 bridgehead atoms. The number of anilines is 3. The molecule has 0 aliphatic carbocycles. The van der Waals surface area contributed by atoms with Crippen LogP contribution in [0.4, 0.5) is 21.6 Å². The highest BCUT2D eigenvalue weighted by Crippen LogP contribution is 2.31. The van der Waals surface area contributed by atoms with E-state index in [-0.39, 0.29) is 22.6 Å². The van der Waals surface area contributed by atoms with Crippen molar-refractivity contribution in [1.29, 1.82) is 0 Å². The van der Waals surface area contributed by atoms with Gasteiger partial charge in [-0.15, -0.1) is 5.10 Å². The van der Waals surface area contributed by atoms with Gasteiger partial charge in [-0.05, 0) is 20.9 Å². The average Bonchev–Trinajstić information content (AvgIpc) is 3.14. The molecule has 5 rings (SSSR count).